The summed E-state index contributed by atoms with van der Waals surface area (Å²) in [4.78, 5) is 14.6. The summed E-state index contributed by atoms with van der Waals surface area (Å²) >= 11 is 0. The third kappa shape index (κ3) is 7.36. The molecule has 0 aliphatic carbocycles. The minimum atomic E-state index is -5.12. The molecule has 13 heteroatoms. The summed E-state index contributed by atoms with van der Waals surface area (Å²) in [6, 6.07) is 41.1. The molecule has 0 radical (unpaired) electrons. The van der Waals surface area contributed by atoms with E-state index in [4.69, 9.17) is 15.0 Å². The lowest BCUT2D eigenvalue weighted by atomic mass is 9.95. The molecule has 0 spiro atoms. The van der Waals surface area contributed by atoms with Crippen LogP contribution in [0.1, 0.15) is 16.7 Å². The van der Waals surface area contributed by atoms with Crippen molar-refractivity contribution in [3.63, 3.8) is 0 Å². The van der Waals surface area contributed by atoms with Crippen molar-refractivity contribution in [1.82, 2.24) is 19.5 Å². The third-order valence-electron chi connectivity index (χ3n) is 10.4. The van der Waals surface area contributed by atoms with Gasteiger partial charge in [0.1, 0.15) is 0 Å². The molecule has 0 saturated heterocycles. The Hall–Kier alpha value is -7.28. The van der Waals surface area contributed by atoms with Gasteiger partial charge in [-0.1, -0.05) is 115 Å². The first-order valence-corrected chi connectivity index (χ1v) is 18.7. The van der Waals surface area contributed by atoms with Crippen LogP contribution in [0.2, 0.25) is 0 Å². The van der Waals surface area contributed by atoms with Crippen LogP contribution in [0.25, 0.3) is 83.9 Å². The van der Waals surface area contributed by atoms with Gasteiger partial charge in [-0.25, -0.2) is 15.0 Å². The minimum absolute atomic E-state index is 0.00186. The lowest BCUT2D eigenvalue weighted by Crippen LogP contribution is -2.12. The van der Waals surface area contributed by atoms with E-state index in [1.54, 1.807) is 53.1 Å². The molecule has 302 valence electrons. The van der Waals surface area contributed by atoms with Gasteiger partial charge in [0, 0.05) is 27.5 Å². The zero-order chi connectivity index (χ0) is 42.7. The lowest BCUT2D eigenvalue weighted by molar-refractivity contribution is -0.143. The quantitative estimate of drug-likeness (QED) is 0.157. The van der Waals surface area contributed by atoms with Crippen LogP contribution in [0, 0.1) is 0 Å². The van der Waals surface area contributed by atoms with E-state index >= 15 is 0 Å². The molecular formula is C48H27F9N4. The average Bonchev–Trinajstić information content (AvgIpc) is 3.59. The van der Waals surface area contributed by atoms with Crippen molar-refractivity contribution in [2.45, 2.75) is 18.5 Å². The van der Waals surface area contributed by atoms with E-state index < -0.39 is 40.8 Å². The molecule has 0 aliphatic heterocycles. The number of fused-ring (bicyclic) bond motifs is 3. The maximum absolute atomic E-state index is 14.5. The second-order valence-corrected chi connectivity index (χ2v) is 14.2. The first-order chi connectivity index (χ1) is 29.1. The molecule has 9 aromatic rings. The van der Waals surface area contributed by atoms with Crippen LogP contribution in [-0.4, -0.2) is 19.5 Å². The Morgan fingerprint density at radius 1 is 0.344 bits per heavy atom. The number of halogens is 9. The number of benzene rings is 7. The summed E-state index contributed by atoms with van der Waals surface area (Å²) in [5, 5.41) is 0.983. The van der Waals surface area contributed by atoms with Gasteiger partial charge in [0.05, 0.1) is 33.4 Å². The Kier molecular flexibility index (Phi) is 9.49. The number of nitrogens with zero attached hydrogens (tertiary/aromatic N) is 4. The Bertz CT molecular complexity index is 3040. The van der Waals surface area contributed by atoms with Gasteiger partial charge in [0.15, 0.2) is 17.5 Å². The molecule has 0 atom stereocenters. The van der Waals surface area contributed by atoms with Crippen molar-refractivity contribution < 1.29 is 39.5 Å². The van der Waals surface area contributed by atoms with Gasteiger partial charge in [-0.15, -0.1) is 0 Å². The second-order valence-electron chi connectivity index (χ2n) is 14.2. The average molecular weight is 831 g/mol. The van der Waals surface area contributed by atoms with Crippen molar-refractivity contribution >= 4 is 21.8 Å². The number of hydrogen-bond acceptors (Lipinski definition) is 3. The van der Waals surface area contributed by atoms with Crippen LogP contribution in [0.4, 0.5) is 39.5 Å². The largest absolute Gasteiger partial charge is 0.417 e. The molecule has 0 N–H and O–H groups in total. The maximum atomic E-state index is 14.5. The van der Waals surface area contributed by atoms with Gasteiger partial charge in [-0.05, 0) is 70.8 Å². The van der Waals surface area contributed by atoms with Gasteiger partial charge in [-0.2, -0.15) is 39.5 Å². The van der Waals surface area contributed by atoms with Gasteiger partial charge >= 0.3 is 18.5 Å². The summed E-state index contributed by atoms with van der Waals surface area (Å²) in [6.45, 7) is 0. The molecule has 0 unspecified atom stereocenters. The monoisotopic (exact) mass is 830 g/mol. The molecule has 7 aromatic carbocycles. The van der Waals surface area contributed by atoms with Gasteiger partial charge in [0.2, 0.25) is 0 Å². The topological polar surface area (TPSA) is 43.6 Å². The summed E-state index contributed by atoms with van der Waals surface area (Å²) in [5.41, 5.74) is -1.08. The van der Waals surface area contributed by atoms with Crippen LogP contribution >= 0.6 is 0 Å². The SMILES string of the molecule is FC(F)(F)c1ccc(-c2ccc3c(c2)c2ccccc2n3-c2cc(-c3ccccc3C(F)(F)F)ccc2-c2nc(-c3ccccc3)nc(-c3ccccc3)n2)c(C(F)(F)F)c1. The summed E-state index contributed by atoms with van der Waals surface area (Å²) in [6.07, 6.45) is -14.8. The lowest BCUT2D eigenvalue weighted by Gasteiger charge is -2.18. The highest BCUT2D eigenvalue weighted by molar-refractivity contribution is 6.11. The zero-order valence-electron chi connectivity index (χ0n) is 31.3. The van der Waals surface area contributed by atoms with Crippen LogP contribution in [0.5, 0.6) is 0 Å². The number of hydrogen-bond donors (Lipinski definition) is 0. The van der Waals surface area contributed by atoms with Gasteiger partial charge < -0.3 is 4.57 Å². The summed E-state index contributed by atoms with van der Waals surface area (Å²) in [7, 11) is 0. The number of alkyl halides is 9. The van der Waals surface area contributed by atoms with E-state index in [0.29, 0.717) is 61.9 Å². The maximum Gasteiger partial charge on any atom is 0.417 e. The first kappa shape index (κ1) is 39.2. The van der Waals surface area contributed by atoms with Crippen molar-refractivity contribution in [3.8, 4) is 62.1 Å². The fourth-order valence-electron chi connectivity index (χ4n) is 7.59. The highest BCUT2D eigenvalue weighted by Gasteiger charge is 2.39. The zero-order valence-corrected chi connectivity index (χ0v) is 31.3. The molecule has 0 aliphatic rings. The van der Waals surface area contributed by atoms with Crippen LogP contribution in [0.3, 0.4) is 0 Å². The van der Waals surface area contributed by atoms with Crippen molar-refractivity contribution in [2.75, 3.05) is 0 Å². The highest BCUT2D eigenvalue weighted by Crippen LogP contribution is 2.45. The predicted molar refractivity (Wildman–Crippen MR) is 216 cm³/mol. The third-order valence-corrected chi connectivity index (χ3v) is 10.4. The Morgan fingerprint density at radius 2 is 0.852 bits per heavy atom. The number of aromatic nitrogens is 4. The molecule has 0 bridgehead atoms. The van der Waals surface area contributed by atoms with Gasteiger partial charge in [0.25, 0.3) is 0 Å². The standard InChI is InChI=1S/C48H27F9N4/c49-46(50,51)32-21-23-34(39(27-32)48(55,56)57)30-20-24-41-37(25-30)35-16-8-10-18-40(35)61(41)42-26-31(33-15-7-9-17-38(33)47(52,53)54)19-22-36(42)45-59-43(28-11-3-1-4-12-28)58-44(60-45)29-13-5-2-6-14-29/h1-27H. The van der Waals surface area contributed by atoms with Crippen LogP contribution in [-0.2, 0) is 18.5 Å². The molecule has 2 heterocycles. The highest BCUT2D eigenvalue weighted by atomic mass is 19.4. The van der Waals surface area contributed by atoms with E-state index in [1.807, 2.05) is 60.7 Å². The van der Waals surface area contributed by atoms with E-state index in [2.05, 4.69) is 0 Å². The van der Waals surface area contributed by atoms with Crippen molar-refractivity contribution in [2.24, 2.45) is 0 Å². The van der Waals surface area contributed by atoms with Crippen molar-refractivity contribution in [1.29, 1.82) is 0 Å². The smallest absolute Gasteiger partial charge is 0.308 e. The minimum Gasteiger partial charge on any atom is -0.308 e. The molecular weight excluding hydrogens is 804 g/mol. The molecule has 61 heavy (non-hydrogen) atoms. The second kappa shape index (κ2) is 14.8. The molecule has 0 amide bonds. The first-order valence-electron chi connectivity index (χ1n) is 18.7. The Balaban J connectivity index is 1.34. The van der Waals surface area contributed by atoms with E-state index in [1.165, 1.54) is 30.3 Å². The van der Waals surface area contributed by atoms with E-state index in [9.17, 15) is 39.5 Å². The molecule has 4 nitrogen and oxygen atoms in total. The number of para-hydroxylation sites is 1. The van der Waals surface area contributed by atoms with Crippen LogP contribution in [0.15, 0.2) is 164 Å². The van der Waals surface area contributed by atoms with E-state index in [0.717, 1.165) is 12.1 Å². The number of rotatable bonds is 6. The Morgan fingerprint density at radius 3 is 1.49 bits per heavy atom. The van der Waals surface area contributed by atoms with Crippen LogP contribution < -0.4 is 0 Å². The fourth-order valence-corrected chi connectivity index (χ4v) is 7.59. The fraction of sp³-hybridized carbons (Fsp3) is 0.0625. The van der Waals surface area contributed by atoms with E-state index in [-0.39, 0.29) is 28.6 Å². The Labute approximate surface area is 341 Å². The molecule has 0 fully saturated rings. The molecule has 0 saturated carbocycles. The van der Waals surface area contributed by atoms with Crippen molar-refractivity contribution in [3.05, 3.63) is 180 Å². The van der Waals surface area contributed by atoms with Gasteiger partial charge in [-0.3, -0.25) is 0 Å². The molecule has 9 rings (SSSR count). The summed E-state index contributed by atoms with van der Waals surface area (Å²) in [5.74, 6) is 0.831. The molecule has 2 aromatic heterocycles. The normalized spacial score (nSPS) is 12.3. The summed E-state index contributed by atoms with van der Waals surface area (Å²) < 4.78 is 129. The predicted octanol–water partition coefficient (Wildman–Crippen LogP) is 14.4.